The van der Waals surface area contributed by atoms with Crippen molar-refractivity contribution in [3.05, 3.63) is 42.5 Å². The minimum absolute atomic E-state index is 0.126. The molecule has 1 atom stereocenters. The molecule has 4 heteroatoms. The summed E-state index contributed by atoms with van der Waals surface area (Å²) in [5.41, 5.74) is 0.126. The maximum absolute atomic E-state index is 13.0. The quantitative estimate of drug-likeness (QED) is 0.780. The molecule has 0 spiro atoms. The summed E-state index contributed by atoms with van der Waals surface area (Å²) in [6.45, 7) is 2.98. The monoisotopic (exact) mass is 214 g/mol. The van der Waals surface area contributed by atoms with E-state index in [1.807, 2.05) is 0 Å². The van der Waals surface area contributed by atoms with Gasteiger partial charge in [-0.15, -0.1) is 0 Å². The standard InChI is InChI=1S/C11H12F2O2/c1-3-11(12,13)10(14)8-4-6-9(15-2)7-5-8/h3-7,10,14H,1H2,2H3/t10-/m0/s1. The zero-order chi connectivity index (χ0) is 11.5. The number of ether oxygens (including phenoxy) is 1. The Hall–Kier alpha value is -1.42. The number of aliphatic hydroxyl groups is 1. The summed E-state index contributed by atoms with van der Waals surface area (Å²) in [5.74, 6) is -2.78. The third-order valence-corrected chi connectivity index (χ3v) is 2.07. The van der Waals surface area contributed by atoms with Gasteiger partial charge in [-0.05, 0) is 23.8 Å². The first-order valence-electron chi connectivity index (χ1n) is 4.34. The number of aliphatic hydroxyl groups excluding tert-OH is 1. The van der Waals surface area contributed by atoms with Crippen molar-refractivity contribution < 1.29 is 18.6 Å². The molecular formula is C11H12F2O2. The Morgan fingerprint density at radius 1 is 1.40 bits per heavy atom. The summed E-state index contributed by atoms with van der Waals surface area (Å²) in [6, 6.07) is 5.80. The largest absolute Gasteiger partial charge is 0.497 e. The van der Waals surface area contributed by atoms with Crippen LogP contribution in [0.1, 0.15) is 11.7 Å². The van der Waals surface area contributed by atoms with Crippen molar-refractivity contribution in [3.63, 3.8) is 0 Å². The Labute approximate surface area is 86.8 Å². The molecule has 2 nitrogen and oxygen atoms in total. The van der Waals surface area contributed by atoms with E-state index >= 15 is 0 Å². The molecule has 0 unspecified atom stereocenters. The van der Waals surface area contributed by atoms with Crippen LogP contribution in [0, 0.1) is 0 Å². The smallest absolute Gasteiger partial charge is 0.295 e. The lowest BCUT2D eigenvalue weighted by molar-refractivity contribution is -0.0712. The molecule has 0 aliphatic carbocycles. The first kappa shape index (κ1) is 11.7. The zero-order valence-electron chi connectivity index (χ0n) is 8.28. The molecule has 0 radical (unpaired) electrons. The third kappa shape index (κ3) is 2.53. The summed E-state index contributed by atoms with van der Waals surface area (Å²) < 4.78 is 30.9. The topological polar surface area (TPSA) is 29.5 Å². The van der Waals surface area contributed by atoms with Crippen LogP contribution in [-0.4, -0.2) is 18.1 Å². The highest BCUT2D eigenvalue weighted by Crippen LogP contribution is 2.32. The van der Waals surface area contributed by atoms with Gasteiger partial charge in [0.25, 0.3) is 5.92 Å². The van der Waals surface area contributed by atoms with E-state index in [4.69, 9.17) is 4.74 Å². The lowest BCUT2D eigenvalue weighted by Crippen LogP contribution is -2.23. The van der Waals surface area contributed by atoms with Crippen LogP contribution >= 0.6 is 0 Å². The molecule has 0 aromatic heterocycles. The molecular weight excluding hydrogens is 202 g/mol. The highest BCUT2D eigenvalue weighted by atomic mass is 19.3. The summed E-state index contributed by atoms with van der Waals surface area (Å²) >= 11 is 0. The van der Waals surface area contributed by atoms with Crippen molar-refractivity contribution in [2.24, 2.45) is 0 Å². The fourth-order valence-corrected chi connectivity index (χ4v) is 1.12. The van der Waals surface area contributed by atoms with Gasteiger partial charge in [0.1, 0.15) is 11.9 Å². The van der Waals surface area contributed by atoms with Crippen LogP contribution in [0.4, 0.5) is 8.78 Å². The number of hydrogen-bond acceptors (Lipinski definition) is 2. The molecule has 1 aromatic rings. The molecule has 0 fully saturated rings. The van der Waals surface area contributed by atoms with E-state index in [0.29, 0.717) is 11.8 Å². The van der Waals surface area contributed by atoms with Gasteiger partial charge in [0.2, 0.25) is 0 Å². The number of halogens is 2. The SMILES string of the molecule is C=CC(F)(F)[C@@H](O)c1ccc(OC)cc1. The summed E-state index contributed by atoms with van der Waals surface area (Å²) in [4.78, 5) is 0. The molecule has 0 aliphatic heterocycles. The van der Waals surface area contributed by atoms with Gasteiger partial charge in [-0.3, -0.25) is 0 Å². The van der Waals surface area contributed by atoms with E-state index in [-0.39, 0.29) is 5.56 Å². The predicted octanol–water partition coefficient (Wildman–Crippen LogP) is 2.55. The fourth-order valence-electron chi connectivity index (χ4n) is 1.12. The molecule has 0 saturated carbocycles. The highest BCUT2D eigenvalue weighted by Gasteiger charge is 2.35. The van der Waals surface area contributed by atoms with Crippen LogP contribution in [0.5, 0.6) is 5.75 Å². The maximum atomic E-state index is 13.0. The minimum atomic E-state index is -3.32. The van der Waals surface area contributed by atoms with E-state index in [9.17, 15) is 13.9 Å². The summed E-state index contributed by atoms with van der Waals surface area (Å²) in [5, 5.41) is 9.35. The van der Waals surface area contributed by atoms with Crippen LogP contribution < -0.4 is 4.74 Å². The van der Waals surface area contributed by atoms with Crippen LogP contribution in [0.25, 0.3) is 0 Å². The van der Waals surface area contributed by atoms with Gasteiger partial charge in [-0.25, -0.2) is 0 Å². The number of benzene rings is 1. The Balaban J connectivity index is 2.92. The highest BCUT2D eigenvalue weighted by molar-refractivity contribution is 5.29. The molecule has 82 valence electrons. The third-order valence-electron chi connectivity index (χ3n) is 2.07. The van der Waals surface area contributed by atoms with E-state index in [1.165, 1.54) is 31.4 Å². The molecule has 1 N–H and O–H groups in total. The second-order valence-corrected chi connectivity index (χ2v) is 3.05. The van der Waals surface area contributed by atoms with Crippen molar-refractivity contribution in [2.45, 2.75) is 12.0 Å². The predicted molar refractivity (Wildman–Crippen MR) is 53.1 cm³/mol. The first-order chi connectivity index (χ1) is 7.01. The minimum Gasteiger partial charge on any atom is -0.497 e. The van der Waals surface area contributed by atoms with Gasteiger partial charge in [0.05, 0.1) is 7.11 Å². The molecule has 15 heavy (non-hydrogen) atoms. The van der Waals surface area contributed by atoms with E-state index in [0.717, 1.165) is 0 Å². The van der Waals surface area contributed by atoms with Gasteiger partial charge in [-0.2, -0.15) is 8.78 Å². The van der Waals surface area contributed by atoms with Crippen LogP contribution in [0.3, 0.4) is 0 Å². The molecule has 0 saturated heterocycles. The van der Waals surface area contributed by atoms with Crippen LogP contribution in [-0.2, 0) is 0 Å². The van der Waals surface area contributed by atoms with Crippen LogP contribution in [0.15, 0.2) is 36.9 Å². The van der Waals surface area contributed by atoms with Crippen LogP contribution in [0.2, 0.25) is 0 Å². The normalized spacial score (nSPS) is 13.3. The van der Waals surface area contributed by atoms with Crippen molar-refractivity contribution in [1.29, 1.82) is 0 Å². The van der Waals surface area contributed by atoms with Crippen molar-refractivity contribution in [1.82, 2.24) is 0 Å². The Kier molecular flexibility index (Phi) is 3.42. The molecule has 1 aromatic carbocycles. The number of methoxy groups -OCH3 is 1. The van der Waals surface area contributed by atoms with Crippen molar-refractivity contribution in [3.8, 4) is 5.75 Å². The lowest BCUT2D eigenvalue weighted by atomic mass is 10.0. The summed E-state index contributed by atoms with van der Waals surface area (Å²) in [7, 11) is 1.48. The Bertz CT molecular complexity index is 333. The fraction of sp³-hybridized carbons (Fsp3) is 0.273. The zero-order valence-corrected chi connectivity index (χ0v) is 8.28. The molecule has 0 heterocycles. The summed E-state index contributed by atoms with van der Waals surface area (Å²) in [6.07, 6.45) is -1.44. The van der Waals surface area contributed by atoms with Crippen molar-refractivity contribution in [2.75, 3.05) is 7.11 Å². The molecule has 0 amide bonds. The second-order valence-electron chi connectivity index (χ2n) is 3.05. The first-order valence-corrected chi connectivity index (χ1v) is 4.34. The molecule has 0 aliphatic rings. The average Bonchev–Trinajstić information content (AvgIpc) is 2.28. The number of hydrogen-bond donors (Lipinski definition) is 1. The van der Waals surface area contributed by atoms with E-state index < -0.39 is 12.0 Å². The average molecular weight is 214 g/mol. The molecule has 0 bridgehead atoms. The maximum Gasteiger partial charge on any atom is 0.295 e. The second kappa shape index (κ2) is 4.40. The van der Waals surface area contributed by atoms with Crippen molar-refractivity contribution >= 4 is 0 Å². The van der Waals surface area contributed by atoms with E-state index in [2.05, 4.69) is 6.58 Å². The van der Waals surface area contributed by atoms with Gasteiger partial charge in [-0.1, -0.05) is 18.7 Å². The Morgan fingerprint density at radius 3 is 2.33 bits per heavy atom. The lowest BCUT2D eigenvalue weighted by Gasteiger charge is -2.19. The Morgan fingerprint density at radius 2 is 1.93 bits per heavy atom. The van der Waals surface area contributed by atoms with E-state index in [1.54, 1.807) is 0 Å². The van der Waals surface area contributed by atoms with Gasteiger partial charge in [0, 0.05) is 0 Å². The van der Waals surface area contributed by atoms with Gasteiger partial charge in [0.15, 0.2) is 0 Å². The van der Waals surface area contributed by atoms with Gasteiger partial charge < -0.3 is 9.84 Å². The molecule has 1 rings (SSSR count). The number of rotatable bonds is 4. The van der Waals surface area contributed by atoms with Gasteiger partial charge >= 0.3 is 0 Å². The number of alkyl halides is 2.